The van der Waals surface area contributed by atoms with Gasteiger partial charge in [0.2, 0.25) is 0 Å². The number of aromatic nitrogens is 1. The van der Waals surface area contributed by atoms with Crippen LogP contribution in [0.25, 0.3) is 0 Å². The molecule has 2 rings (SSSR count). The third-order valence-corrected chi connectivity index (χ3v) is 4.29. The van der Waals surface area contributed by atoms with E-state index in [1.807, 2.05) is 19.9 Å². The normalized spacial score (nSPS) is 10.8. The van der Waals surface area contributed by atoms with Gasteiger partial charge >= 0.3 is 0 Å². The zero-order valence-electron chi connectivity index (χ0n) is 13.5. The number of aryl methyl sites for hydroxylation is 2. The molecule has 0 aliphatic carbocycles. The summed E-state index contributed by atoms with van der Waals surface area (Å²) in [6.45, 7) is 5.31. The molecule has 2 N–H and O–H groups in total. The van der Waals surface area contributed by atoms with E-state index in [-0.39, 0.29) is 11.4 Å². The molecule has 0 spiro atoms. The number of thiazole rings is 1. The minimum absolute atomic E-state index is 0.0521. The number of amides is 1. The molecule has 0 saturated heterocycles. The Balaban J connectivity index is 2.06. The summed E-state index contributed by atoms with van der Waals surface area (Å²) in [7, 11) is 0. The molecule has 0 atom stereocenters. The van der Waals surface area contributed by atoms with Crippen LogP contribution in [0, 0.1) is 25.2 Å². The van der Waals surface area contributed by atoms with Crippen LogP contribution in [0.3, 0.4) is 0 Å². The van der Waals surface area contributed by atoms with Crippen LogP contribution in [0.15, 0.2) is 36.0 Å². The van der Waals surface area contributed by atoms with Crippen LogP contribution in [0.5, 0.6) is 0 Å². The molecule has 0 aliphatic rings. The number of Topliss-reactive ketones (excluding diaryl/α,β-unsaturated/α-hetero) is 1. The minimum Gasteiger partial charge on any atom is -0.337 e. The van der Waals surface area contributed by atoms with Crippen molar-refractivity contribution in [2.45, 2.75) is 20.8 Å². The number of ketones is 1. The van der Waals surface area contributed by atoms with Gasteiger partial charge in [-0.15, -0.1) is 11.3 Å². The summed E-state index contributed by atoms with van der Waals surface area (Å²) in [4.78, 5) is 28.7. The second-order valence-corrected chi connectivity index (χ2v) is 6.27. The number of carbonyl (C=O) groups excluding carboxylic acids is 2. The van der Waals surface area contributed by atoms with Crippen molar-refractivity contribution in [3.8, 4) is 6.07 Å². The highest BCUT2D eigenvalue weighted by Gasteiger charge is 2.10. The lowest BCUT2D eigenvalue weighted by molar-refractivity contribution is -0.112. The fourth-order valence-electron chi connectivity index (χ4n) is 1.80. The smallest absolute Gasteiger partial charge is 0.267 e. The van der Waals surface area contributed by atoms with E-state index in [1.165, 1.54) is 24.5 Å². The monoisotopic (exact) mass is 340 g/mol. The molecule has 7 heteroatoms. The standard InChI is InChI=1S/C17H16N4O2S/c1-10-12(3)24-17(20-10)19-9-14(8-18)16(23)21-15-6-4-13(5-7-15)11(2)22/h4-7,9H,1-3H3,(H,19,20)(H,21,23)/b14-9-. The molecule has 24 heavy (non-hydrogen) atoms. The Labute approximate surface area is 143 Å². The van der Waals surface area contributed by atoms with Crippen molar-refractivity contribution in [3.63, 3.8) is 0 Å². The predicted octanol–water partition coefficient (Wildman–Crippen LogP) is 3.42. The number of nitrogens with one attached hydrogen (secondary N) is 2. The van der Waals surface area contributed by atoms with Crippen molar-refractivity contribution in [3.05, 3.63) is 52.2 Å². The second kappa shape index (κ2) is 7.53. The highest BCUT2D eigenvalue weighted by atomic mass is 32.1. The van der Waals surface area contributed by atoms with E-state index in [4.69, 9.17) is 5.26 Å². The van der Waals surface area contributed by atoms with Gasteiger partial charge in [0, 0.05) is 22.3 Å². The topological polar surface area (TPSA) is 94.9 Å². The number of nitriles is 1. The highest BCUT2D eigenvalue weighted by Crippen LogP contribution is 2.21. The van der Waals surface area contributed by atoms with Gasteiger partial charge in [-0.2, -0.15) is 5.26 Å². The van der Waals surface area contributed by atoms with Crippen molar-refractivity contribution in [1.82, 2.24) is 4.98 Å². The summed E-state index contributed by atoms with van der Waals surface area (Å²) in [5.41, 5.74) is 1.90. The van der Waals surface area contributed by atoms with Gasteiger partial charge in [-0.1, -0.05) is 0 Å². The molecule has 1 amide bonds. The average Bonchev–Trinajstić information content (AvgIpc) is 2.86. The first kappa shape index (κ1) is 17.4. The Hall–Kier alpha value is -2.98. The number of nitrogens with zero attached hydrogens (tertiary/aromatic N) is 2. The fraction of sp³-hybridized carbons (Fsp3) is 0.176. The van der Waals surface area contributed by atoms with Gasteiger partial charge in [0.15, 0.2) is 10.9 Å². The van der Waals surface area contributed by atoms with Crippen LogP contribution in [-0.4, -0.2) is 16.7 Å². The molecule has 1 heterocycles. The van der Waals surface area contributed by atoms with E-state index in [1.54, 1.807) is 24.3 Å². The zero-order chi connectivity index (χ0) is 17.7. The van der Waals surface area contributed by atoms with Gasteiger partial charge in [0.1, 0.15) is 11.6 Å². The minimum atomic E-state index is -0.537. The number of rotatable bonds is 5. The third kappa shape index (κ3) is 4.27. The molecule has 1 aromatic heterocycles. The molecule has 122 valence electrons. The highest BCUT2D eigenvalue weighted by molar-refractivity contribution is 7.15. The first-order chi connectivity index (χ1) is 11.4. The van der Waals surface area contributed by atoms with Gasteiger partial charge in [-0.25, -0.2) is 4.98 Å². The van der Waals surface area contributed by atoms with Crippen LogP contribution in [0.1, 0.15) is 27.9 Å². The van der Waals surface area contributed by atoms with Crippen LogP contribution in [0.2, 0.25) is 0 Å². The summed E-state index contributed by atoms with van der Waals surface area (Å²) in [6, 6.07) is 8.32. The van der Waals surface area contributed by atoms with E-state index >= 15 is 0 Å². The van der Waals surface area contributed by atoms with Gasteiger partial charge < -0.3 is 10.6 Å². The number of benzene rings is 1. The first-order valence-electron chi connectivity index (χ1n) is 7.14. The van der Waals surface area contributed by atoms with Crippen LogP contribution >= 0.6 is 11.3 Å². The molecular formula is C17H16N4O2S. The SMILES string of the molecule is CC(=O)c1ccc(NC(=O)/C(C#N)=C\Nc2nc(C)c(C)s2)cc1. The lowest BCUT2D eigenvalue weighted by Crippen LogP contribution is -2.14. The van der Waals surface area contributed by atoms with Crippen molar-refractivity contribution in [1.29, 1.82) is 5.26 Å². The molecule has 0 saturated carbocycles. The summed E-state index contributed by atoms with van der Waals surface area (Å²) < 4.78 is 0. The van der Waals surface area contributed by atoms with Crippen LogP contribution in [0.4, 0.5) is 10.8 Å². The maximum absolute atomic E-state index is 12.1. The quantitative estimate of drug-likeness (QED) is 0.494. The van der Waals surface area contributed by atoms with E-state index < -0.39 is 5.91 Å². The number of carbonyl (C=O) groups is 2. The van der Waals surface area contributed by atoms with Crippen molar-refractivity contribution < 1.29 is 9.59 Å². The molecular weight excluding hydrogens is 324 g/mol. The molecule has 0 bridgehead atoms. The van der Waals surface area contributed by atoms with E-state index in [0.717, 1.165) is 10.6 Å². The summed E-state index contributed by atoms with van der Waals surface area (Å²) in [5, 5.41) is 15.2. The van der Waals surface area contributed by atoms with Gasteiger partial charge in [-0.05, 0) is 45.0 Å². The molecule has 0 unspecified atom stereocenters. The Morgan fingerprint density at radius 2 is 1.92 bits per heavy atom. The lowest BCUT2D eigenvalue weighted by Gasteiger charge is -2.05. The summed E-state index contributed by atoms with van der Waals surface area (Å²) >= 11 is 1.45. The van der Waals surface area contributed by atoms with Crippen molar-refractivity contribution >= 4 is 33.8 Å². The Bertz CT molecular complexity index is 825. The maximum atomic E-state index is 12.1. The van der Waals surface area contributed by atoms with E-state index in [0.29, 0.717) is 16.4 Å². The van der Waals surface area contributed by atoms with Crippen LogP contribution < -0.4 is 10.6 Å². The number of hydrogen-bond acceptors (Lipinski definition) is 6. The number of hydrogen-bond donors (Lipinski definition) is 2. The van der Waals surface area contributed by atoms with E-state index in [2.05, 4.69) is 15.6 Å². The van der Waals surface area contributed by atoms with Crippen molar-refractivity contribution in [2.75, 3.05) is 10.6 Å². The first-order valence-corrected chi connectivity index (χ1v) is 7.95. The van der Waals surface area contributed by atoms with Gasteiger partial charge in [-0.3, -0.25) is 9.59 Å². The predicted molar refractivity (Wildman–Crippen MR) is 94.0 cm³/mol. The third-order valence-electron chi connectivity index (χ3n) is 3.28. The zero-order valence-corrected chi connectivity index (χ0v) is 14.3. The maximum Gasteiger partial charge on any atom is 0.267 e. The molecule has 0 aliphatic heterocycles. The Kier molecular flexibility index (Phi) is 5.45. The summed E-state index contributed by atoms with van der Waals surface area (Å²) in [6.07, 6.45) is 1.33. The molecule has 0 radical (unpaired) electrons. The molecule has 0 fully saturated rings. The largest absolute Gasteiger partial charge is 0.337 e. The van der Waals surface area contributed by atoms with Crippen LogP contribution in [-0.2, 0) is 4.79 Å². The van der Waals surface area contributed by atoms with Crippen molar-refractivity contribution in [2.24, 2.45) is 0 Å². The molecule has 6 nitrogen and oxygen atoms in total. The average molecular weight is 340 g/mol. The second-order valence-electron chi connectivity index (χ2n) is 5.06. The Morgan fingerprint density at radius 3 is 2.42 bits per heavy atom. The molecule has 2 aromatic rings. The van der Waals surface area contributed by atoms with E-state index in [9.17, 15) is 9.59 Å². The summed E-state index contributed by atoms with van der Waals surface area (Å²) in [5.74, 6) is -0.589. The fourth-order valence-corrected chi connectivity index (χ4v) is 2.59. The Morgan fingerprint density at radius 1 is 1.25 bits per heavy atom. The molecule has 1 aromatic carbocycles. The van der Waals surface area contributed by atoms with Gasteiger partial charge in [0.25, 0.3) is 5.91 Å². The number of anilines is 2. The van der Waals surface area contributed by atoms with Gasteiger partial charge in [0.05, 0.1) is 5.69 Å². The lowest BCUT2D eigenvalue weighted by atomic mass is 10.1.